The summed E-state index contributed by atoms with van der Waals surface area (Å²) < 4.78 is 12.0. The van der Waals surface area contributed by atoms with Crippen molar-refractivity contribution in [2.75, 3.05) is 40.8 Å². The number of benzene rings is 2. The second-order valence-corrected chi connectivity index (χ2v) is 7.78. The van der Waals surface area contributed by atoms with E-state index in [1.54, 1.807) is 0 Å². The van der Waals surface area contributed by atoms with Crippen molar-refractivity contribution in [3.05, 3.63) is 65.7 Å². The number of likely N-dealkylation sites (N-methyl/N-ethyl adjacent to an activating group) is 1. The molecule has 1 heterocycles. The van der Waals surface area contributed by atoms with E-state index in [-0.39, 0.29) is 5.60 Å². The Hall–Kier alpha value is -1.88. The molecule has 0 aromatic heterocycles. The van der Waals surface area contributed by atoms with Crippen molar-refractivity contribution in [2.24, 2.45) is 0 Å². The van der Waals surface area contributed by atoms with Crippen molar-refractivity contribution in [3.63, 3.8) is 0 Å². The predicted molar refractivity (Wildman–Crippen MR) is 110 cm³/mol. The van der Waals surface area contributed by atoms with Crippen molar-refractivity contribution >= 4 is 0 Å². The topological polar surface area (TPSA) is 24.9 Å². The summed E-state index contributed by atoms with van der Waals surface area (Å²) in [4.78, 5) is 4.74. The molecule has 1 aliphatic heterocycles. The number of piperidine rings is 1. The van der Waals surface area contributed by atoms with E-state index in [0.29, 0.717) is 6.61 Å². The van der Waals surface area contributed by atoms with E-state index in [2.05, 4.69) is 54.2 Å². The van der Waals surface area contributed by atoms with Crippen molar-refractivity contribution in [1.29, 1.82) is 0 Å². The van der Waals surface area contributed by atoms with Crippen molar-refractivity contribution in [3.8, 4) is 5.75 Å². The molecule has 1 fully saturated rings. The average molecular weight is 369 g/mol. The highest BCUT2D eigenvalue weighted by molar-refractivity contribution is 5.33. The lowest BCUT2D eigenvalue weighted by atomic mass is 9.90. The fraction of sp³-hybridized carbons (Fsp3) is 0.478. The number of para-hydroxylation sites is 1. The molecule has 0 N–H and O–H groups in total. The molecule has 1 saturated heterocycles. The molecule has 0 unspecified atom stereocenters. The molecule has 0 amide bonds. The second kappa shape index (κ2) is 9.36. The van der Waals surface area contributed by atoms with Gasteiger partial charge in [0.1, 0.15) is 12.4 Å². The lowest BCUT2D eigenvalue weighted by Gasteiger charge is -2.42. The summed E-state index contributed by atoms with van der Waals surface area (Å²) in [7, 11) is 6.09. The highest BCUT2D eigenvalue weighted by Crippen LogP contribution is 2.29. The van der Waals surface area contributed by atoms with E-state index < -0.39 is 0 Å². The number of hydrogen-bond donors (Lipinski definition) is 0. The Morgan fingerprint density at radius 1 is 0.963 bits per heavy atom. The van der Waals surface area contributed by atoms with Crippen LogP contribution in [0.2, 0.25) is 0 Å². The lowest BCUT2D eigenvalue weighted by molar-refractivity contribution is -0.0713. The van der Waals surface area contributed by atoms with E-state index in [9.17, 15) is 0 Å². The maximum atomic E-state index is 6.12. The van der Waals surface area contributed by atoms with Gasteiger partial charge in [-0.15, -0.1) is 0 Å². The minimum Gasteiger partial charge on any atom is -0.489 e. The molecule has 0 atom stereocenters. The molecule has 4 heteroatoms. The first-order chi connectivity index (χ1) is 13.1. The van der Waals surface area contributed by atoms with Crippen LogP contribution in [-0.4, -0.2) is 56.2 Å². The van der Waals surface area contributed by atoms with Gasteiger partial charge in [-0.2, -0.15) is 0 Å². The molecule has 0 spiro atoms. The van der Waals surface area contributed by atoms with Crippen molar-refractivity contribution in [2.45, 2.75) is 31.6 Å². The fourth-order valence-electron chi connectivity index (χ4n) is 3.87. The summed E-state index contributed by atoms with van der Waals surface area (Å²) >= 11 is 0. The van der Waals surface area contributed by atoms with Gasteiger partial charge in [0.2, 0.25) is 0 Å². The van der Waals surface area contributed by atoms with E-state index in [1.165, 1.54) is 11.1 Å². The normalized spacial score (nSPS) is 17.2. The van der Waals surface area contributed by atoms with Crippen LogP contribution < -0.4 is 4.74 Å². The molecular weight excluding hydrogens is 336 g/mol. The molecule has 1 aliphatic rings. The minimum absolute atomic E-state index is 0.0106. The molecule has 0 aliphatic carbocycles. The maximum Gasteiger partial charge on any atom is 0.124 e. The summed E-state index contributed by atoms with van der Waals surface area (Å²) in [6.07, 6.45) is 2.13. The third kappa shape index (κ3) is 5.55. The fourth-order valence-corrected chi connectivity index (χ4v) is 3.87. The molecule has 0 saturated carbocycles. The molecule has 4 nitrogen and oxygen atoms in total. The van der Waals surface area contributed by atoms with Gasteiger partial charge in [-0.1, -0.05) is 48.5 Å². The third-order valence-electron chi connectivity index (χ3n) is 5.41. The molecule has 146 valence electrons. The standard InChI is InChI=1S/C23H32N2O2/c1-24(2)19-23(26-3)13-15-25(16-14-23)17-21-11-7-8-12-22(21)27-18-20-9-5-4-6-10-20/h4-12H,13-19H2,1-3H3. The zero-order chi connectivity index (χ0) is 19.1. The average Bonchev–Trinajstić information content (AvgIpc) is 2.69. The van der Waals surface area contributed by atoms with Crippen LogP contribution in [-0.2, 0) is 17.9 Å². The van der Waals surface area contributed by atoms with E-state index >= 15 is 0 Å². The monoisotopic (exact) mass is 368 g/mol. The molecule has 2 aromatic rings. The van der Waals surface area contributed by atoms with Gasteiger partial charge < -0.3 is 14.4 Å². The Morgan fingerprint density at radius 3 is 2.30 bits per heavy atom. The largest absolute Gasteiger partial charge is 0.489 e. The van der Waals surface area contributed by atoms with Gasteiger partial charge in [0.05, 0.1) is 5.60 Å². The summed E-state index contributed by atoms with van der Waals surface area (Å²) in [5.41, 5.74) is 2.44. The van der Waals surface area contributed by atoms with Gasteiger partial charge in [0.15, 0.2) is 0 Å². The van der Waals surface area contributed by atoms with Gasteiger partial charge in [0.25, 0.3) is 0 Å². The van der Waals surface area contributed by atoms with Crippen LogP contribution >= 0.6 is 0 Å². The first-order valence-electron chi connectivity index (χ1n) is 9.77. The van der Waals surface area contributed by atoms with Gasteiger partial charge in [-0.3, -0.25) is 4.90 Å². The first kappa shape index (κ1) is 19.9. The van der Waals surface area contributed by atoms with Crippen LogP contribution in [0.25, 0.3) is 0 Å². The predicted octanol–water partition coefficient (Wildman–Crippen LogP) is 3.81. The zero-order valence-electron chi connectivity index (χ0n) is 16.9. The number of rotatable bonds is 8. The molecule has 0 bridgehead atoms. The maximum absolute atomic E-state index is 6.12. The van der Waals surface area contributed by atoms with Crippen LogP contribution in [0.5, 0.6) is 5.75 Å². The summed E-state index contributed by atoms with van der Waals surface area (Å²) in [5.74, 6) is 0.984. The molecule has 3 rings (SSSR count). The SMILES string of the molecule is COC1(CN(C)C)CCN(Cc2ccccc2OCc2ccccc2)CC1. The summed E-state index contributed by atoms with van der Waals surface area (Å²) in [5, 5.41) is 0. The van der Waals surface area contributed by atoms with E-state index in [1.807, 2.05) is 31.4 Å². The Bertz CT molecular complexity index is 695. The van der Waals surface area contributed by atoms with Crippen LogP contribution in [0.1, 0.15) is 24.0 Å². The minimum atomic E-state index is -0.0106. The third-order valence-corrected chi connectivity index (χ3v) is 5.41. The summed E-state index contributed by atoms with van der Waals surface area (Å²) in [6.45, 7) is 4.61. The smallest absolute Gasteiger partial charge is 0.124 e. The van der Waals surface area contributed by atoms with E-state index in [0.717, 1.165) is 44.8 Å². The number of hydrogen-bond acceptors (Lipinski definition) is 4. The Kier molecular flexibility index (Phi) is 6.89. The Labute approximate surface area is 163 Å². The molecule has 2 aromatic carbocycles. The quantitative estimate of drug-likeness (QED) is 0.707. The van der Waals surface area contributed by atoms with Crippen molar-refractivity contribution < 1.29 is 9.47 Å². The molecule has 0 radical (unpaired) electrons. The van der Waals surface area contributed by atoms with E-state index in [4.69, 9.17) is 9.47 Å². The van der Waals surface area contributed by atoms with Crippen LogP contribution in [0.15, 0.2) is 54.6 Å². The lowest BCUT2D eigenvalue weighted by Crippen LogP contribution is -2.50. The highest BCUT2D eigenvalue weighted by Gasteiger charge is 2.35. The number of nitrogens with zero attached hydrogens (tertiary/aromatic N) is 2. The Morgan fingerprint density at radius 2 is 1.63 bits per heavy atom. The van der Waals surface area contributed by atoms with Crippen LogP contribution in [0, 0.1) is 0 Å². The van der Waals surface area contributed by atoms with Gasteiger partial charge in [-0.25, -0.2) is 0 Å². The Balaban J connectivity index is 1.58. The summed E-state index contributed by atoms with van der Waals surface area (Å²) in [6, 6.07) is 18.7. The van der Waals surface area contributed by atoms with Gasteiger partial charge in [0, 0.05) is 38.9 Å². The number of likely N-dealkylation sites (tertiary alicyclic amines) is 1. The van der Waals surface area contributed by atoms with Gasteiger partial charge >= 0.3 is 0 Å². The highest BCUT2D eigenvalue weighted by atomic mass is 16.5. The molecule has 27 heavy (non-hydrogen) atoms. The molecular formula is C23H32N2O2. The van der Waals surface area contributed by atoms with Crippen LogP contribution in [0.3, 0.4) is 0 Å². The van der Waals surface area contributed by atoms with Crippen LogP contribution in [0.4, 0.5) is 0 Å². The van der Waals surface area contributed by atoms with Gasteiger partial charge in [-0.05, 0) is 38.6 Å². The second-order valence-electron chi connectivity index (χ2n) is 7.78. The number of methoxy groups -OCH3 is 1. The number of ether oxygens (including phenoxy) is 2. The zero-order valence-corrected chi connectivity index (χ0v) is 16.9. The van der Waals surface area contributed by atoms with Crippen molar-refractivity contribution in [1.82, 2.24) is 9.80 Å². The first-order valence-corrected chi connectivity index (χ1v) is 9.77.